The van der Waals surface area contributed by atoms with Gasteiger partial charge in [0, 0.05) is 50.3 Å². The van der Waals surface area contributed by atoms with E-state index in [-0.39, 0.29) is 0 Å². The summed E-state index contributed by atoms with van der Waals surface area (Å²) in [6, 6.07) is 2.12. The summed E-state index contributed by atoms with van der Waals surface area (Å²) in [6.07, 6.45) is 9.51. The predicted molar refractivity (Wildman–Crippen MR) is 97.4 cm³/mol. The molecule has 4 heterocycles. The van der Waals surface area contributed by atoms with Crippen molar-refractivity contribution in [2.45, 2.75) is 39.7 Å². The van der Waals surface area contributed by atoms with Crippen LogP contribution in [0.4, 0.5) is 0 Å². The summed E-state index contributed by atoms with van der Waals surface area (Å²) < 4.78 is 4.33. The number of nitrogens with zero attached hydrogens (tertiary/aromatic N) is 6. The van der Waals surface area contributed by atoms with Crippen LogP contribution in [-0.2, 0) is 20.0 Å². The molecular weight excluding hydrogens is 312 g/mol. The van der Waals surface area contributed by atoms with Gasteiger partial charge in [-0.25, -0.2) is 15.0 Å². The summed E-state index contributed by atoms with van der Waals surface area (Å²) in [5, 5.41) is 0. The zero-order valence-corrected chi connectivity index (χ0v) is 15.3. The van der Waals surface area contributed by atoms with Crippen molar-refractivity contribution in [3.05, 3.63) is 47.6 Å². The van der Waals surface area contributed by atoms with Crippen LogP contribution in [-0.4, -0.2) is 41.9 Å². The quantitative estimate of drug-likeness (QED) is 0.733. The number of likely N-dealkylation sites (tertiary alicyclic amines) is 1. The lowest BCUT2D eigenvalue weighted by Crippen LogP contribution is -2.36. The zero-order valence-electron chi connectivity index (χ0n) is 15.3. The van der Waals surface area contributed by atoms with Gasteiger partial charge >= 0.3 is 0 Å². The third-order valence-electron chi connectivity index (χ3n) is 5.24. The first-order chi connectivity index (χ1) is 12.1. The van der Waals surface area contributed by atoms with Crippen LogP contribution >= 0.6 is 0 Å². The Bertz CT molecular complexity index is 877. The molecule has 0 aromatic carbocycles. The Morgan fingerprint density at radius 1 is 1.24 bits per heavy atom. The van der Waals surface area contributed by atoms with E-state index < -0.39 is 0 Å². The smallest absolute Gasteiger partial charge is 0.234 e. The van der Waals surface area contributed by atoms with Gasteiger partial charge in [-0.2, -0.15) is 0 Å². The lowest BCUT2D eigenvalue weighted by Gasteiger charge is -2.32. The molecule has 132 valence electrons. The topological polar surface area (TPSA) is 51.2 Å². The summed E-state index contributed by atoms with van der Waals surface area (Å²) in [5.74, 6) is 2.68. The number of hydrogen-bond donors (Lipinski definition) is 0. The van der Waals surface area contributed by atoms with Gasteiger partial charge in [-0.3, -0.25) is 9.30 Å². The molecule has 0 aliphatic carbocycles. The second kappa shape index (κ2) is 6.59. The molecule has 0 unspecified atom stereocenters. The van der Waals surface area contributed by atoms with E-state index in [0.717, 1.165) is 37.5 Å². The van der Waals surface area contributed by atoms with Crippen LogP contribution in [0.3, 0.4) is 0 Å². The summed E-state index contributed by atoms with van der Waals surface area (Å²) in [5.41, 5.74) is 3.46. The van der Waals surface area contributed by atoms with Crippen molar-refractivity contribution >= 4 is 5.78 Å². The highest BCUT2D eigenvalue weighted by Crippen LogP contribution is 2.22. The van der Waals surface area contributed by atoms with Gasteiger partial charge in [-0.1, -0.05) is 0 Å². The van der Waals surface area contributed by atoms with Crippen LogP contribution in [0.15, 0.2) is 24.7 Å². The molecule has 6 heteroatoms. The number of hydrogen-bond acceptors (Lipinski definition) is 4. The predicted octanol–water partition coefficient (Wildman–Crippen LogP) is 2.53. The van der Waals surface area contributed by atoms with Crippen molar-refractivity contribution in [3.63, 3.8) is 0 Å². The molecule has 4 rings (SSSR count). The van der Waals surface area contributed by atoms with Crippen LogP contribution in [0, 0.1) is 19.8 Å². The van der Waals surface area contributed by atoms with Gasteiger partial charge in [0.25, 0.3) is 0 Å². The molecule has 25 heavy (non-hydrogen) atoms. The van der Waals surface area contributed by atoms with Gasteiger partial charge < -0.3 is 4.57 Å². The van der Waals surface area contributed by atoms with Gasteiger partial charge in [0.2, 0.25) is 5.78 Å². The van der Waals surface area contributed by atoms with Gasteiger partial charge in [0.15, 0.2) is 0 Å². The SMILES string of the molecule is Cc1cc(C)n2c(CN3CCC[C@@H](Cc4nccn4C)C3)cnc2n1. The summed E-state index contributed by atoms with van der Waals surface area (Å²) in [6.45, 7) is 7.37. The number of aryl methyl sites for hydroxylation is 3. The normalized spacial score (nSPS) is 18.9. The maximum atomic E-state index is 4.55. The fourth-order valence-electron chi connectivity index (χ4n) is 4.05. The summed E-state index contributed by atoms with van der Waals surface area (Å²) in [7, 11) is 2.08. The van der Waals surface area contributed by atoms with E-state index in [1.54, 1.807) is 0 Å². The van der Waals surface area contributed by atoms with Crippen molar-refractivity contribution in [1.82, 2.24) is 28.8 Å². The number of fused-ring (bicyclic) bond motifs is 1. The van der Waals surface area contributed by atoms with Crippen LogP contribution in [0.5, 0.6) is 0 Å². The molecule has 3 aromatic heterocycles. The highest BCUT2D eigenvalue weighted by Gasteiger charge is 2.22. The molecule has 1 fully saturated rings. The average molecular weight is 338 g/mol. The number of rotatable bonds is 4. The lowest BCUT2D eigenvalue weighted by atomic mass is 9.94. The van der Waals surface area contributed by atoms with E-state index in [2.05, 4.69) is 48.9 Å². The van der Waals surface area contributed by atoms with E-state index in [1.807, 2.05) is 25.5 Å². The Morgan fingerprint density at radius 3 is 2.92 bits per heavy atom. The molecule has 6 nitrogen and oxygen atoms in total. The van der Waals surface area contributed by atoms with Crippen molar-refractivity contribution in [2.75, 3.05) is 13.1 Å². The van der Waals surface area contributed by atoms with Crippen molar-refractivity contribution in [1.29, 1.82) is 0 Å². The van der Waals surface area contributed by atoms with E-state index in [0.29, 0.717) is 5.92 Å². The molecule has 1 saturated heterocycles. The second-order valence-electron chi connectivity index (χ2n) is 7.33. The van der Waals surface area contributed by atoms with E-state index in [4.69, 9.17) is 0 Å². The molecule has 0 saturated carbocycles. The minimum absolute atomic E-state index is 0.676. The minimum atomic E-state index is 0.676. The van der Waals surface area contributed by atoms with E-state index >= 15 is 0 Å². The highest BCUT2D eigenvalue weighted by atomic mass is 15.2. The molecule has 3 aromatic rings. The Morgan fingerprint density at radius 2 is 2.12 bits per heavy atom. The Labute approximate surface area is 148 Å². The Balaban J connectivity index is 1.48. The van der Waals surface area contributed by atoms with Crippen LogP contribution < -0.4 is 0 Å². The molecule has 1 aliphatic rings. The van der Waals surface area contributed by atoms with Gasteiger partial charge in [-0.05, 0) is 45.2 Å². The van der Waals surface area contributed by atoms with Gasteiger partial charge in [0.1, 0.15) is 5.82 Å². The Hall–Kier alpha value is -2.21. The minimum Gasteiger partial charge on any atom is -0.338 e. The fraction of sp³-hybridized carbons (Fsp3) is 0.526. The molecule has 0 spiro atoms. The largest absolute Gasteiger partial charge is 0.338 e. The van der Waals surface area contributed by atoms with Gasteiger partial charge in [0.05, 0.1) is 11.9 Å². The molecule has 0 N–H and O–H groups in total. The monoisotopic (exact) mass is 338 g/mol. The first-order valence-corrected chi connectivity index (χ1v) is 9.09. The number of imidazole rings is 2. The first-order valence-electron chi connectivity index (χ1n) is 9.09. The summed E-state index contributed by atoms with van der Waals surface area (Å²) in [4.78, 5) is 16.1. The van der Waals surface area contributed by atoms with Crippen LogP contribution in [0.25, 0.3) is 5.78 Å². The van der Waals surface area contributed by atoms with Crippen LogP contribution in [0.2, 0.25) is 0 Å². The fourth-order valence-corrected chi connectivity index (χ4v) is 4.05. The zero-order chi connectivity index (χ0) is 17.4. The molecule has 1 aliphatic heterocycles. The average Bonchev–Trinajstić information content (AvgIpc) is 3.15. The Kier molecular flexibility index (Phi) is 4.29. The molecule has 0 bridgehead atoms. The number of aromatic nitrogens is 5. The van der Waals surface area contributed by atoms with Crippen molar-refractivity contribution < 1.29 is 0 Å². The standard InChI is InChI=1S/C19H26N6/c1-14-9-15(2)25-17(11-21-19(25)22-14)13-24-7-4-5-16(12-24)10-18-20-6-8-23(18)3/h6,8-9,11,16H,4-5,7,10,12-13H2,1-3H3/t16-/m0/s1. The maximum absolute atomic E-state index is 4.55. The molecule has 1 atom stereocenters. The molecular formula is C19H26N6. The maximum Gasteiger partial charge on any atom is 0.234 e. The highest BCUT2D eigenvalue weighted by molar-refractivity contribution is 5.35. The molecule has 0 radical (unpaired) electrons. The summed E-state index contributed by atoms with van der Waals surface area (Å²) >= 11 is 0. The first kappa shape index (κ1) is 16.3. The van der Waals surface area contributed by atoms with Crippen LogP contribution in [0.1, 0.15) is 35.7 Å². The van der Waals surface area contributed by atoms with Crippen molar-refractivity contribution in [2.24, 2.45) is 13.0 Å². The van der Waals surface area contributed by atoms with E-state index in [9.17, 15) is 0 Å². The third kappa shape index (κ3) is 3.31. The van der Waals surface area contributed by atoms with Gasteiger partial charge in [-0.15, -0.1) is 0 Å². The van der Waals surface area contributed by atoms with E-state index in [1.165, 1.54) is 30.1 Å². The lowest BCUT2D eigenvalue weighted by molar-refractivity contribution is 0.163. The second-order valence-corrected chi connectivity index (χ2v) is 7.33. The number of piperidine rings is 1. The third-order valence-corrected chi connectivity index (χ3v) is 5.24. The molecule has 0 amide bonds. The van der Waals surface area contributed by atoms with Crippen molar-refractivity contribution in [3.8, 4) is 0 Å².